The lowest BCUT2D eigenvalue weighted by molar-refractivity contribution is -0.146. The number of aliphatic hydroxyl groups is 2. The second-order valence-electron chi connectivity index (χ2n) is 14.6. The predicted octanol–water partition coefficient (Wildman–Crippen LogP) is 5.70. The molecule has 10 atom stereocenters. The number of ether oxygens (including phenoxy) is 1. The molecular formula is C30H48O4. The van der Waals surface area contributed by atoms with Crippen molar-refractivity contribution in [2.75, 3.05) is 0 Å². The number of epoxide rings is 1. The molecule has 1 heterocycles. The number of allylic oxidation sites excluding steroid dienone is 2. The van der Waals surface area contributed by atoms with Crippen LogP contribution in [0.2, 0.25) is 0 Å². The van der Waals surface area contributed by atoms with Crippen molar-refractivity contribution in [1.82, 2.24) is 0 Å². The lowest BCUT2D eigenvalue weighted by Gasteiger charge is -2.63. The summed E-state index contributed by atoms with van der Waals surface area (Å²) < 4.78 is 6.01. The minimum Gasteiger partial charge on any atom is -0.388 e. The van der Waals surface area contributed by atoms with Gasteiger partial charge in [0.2, 0.25) is 0 Å². The van der Waals surface area contributed by atoms with E-state index < -0.39 is 11.7 Å². The smallest absolute Gasteiger partial charge is 0.138 e. The van der Waals surface area contributed by atoms with Gasteiger partial charge in [-0.25, -0.2) is 0 Å². The molecular weight excluding hydrogens is 424 g/mol. The molecule has 0 unspecified atom stereocenters. The fourth-order valence-corrected chi connectivity index (χ4v) is 9.84. The van der Waals surface area contributed by atoms with E-state index >= 15 is 0 Å². The molecule has 0 amide bonds. The summed E-state index contributed by atoms with van der Waals surface area (Å²) in [5.41, 5.74) is 0.964. The fraction of sp³-hybridized carbons (Fsp3) is 0.900. The molecule has 0 aromatic rings. The molecule has 1 saturated heterocycles. The standard InChI is InChI=1S/C30H48O4/c1-17(23-24(34-23)25(32)27(4,5)33)18-11-15-30(8)20-9-10-21-26(2,3)22(31)13-14-28(21,6)19(20)12-16-29(18,30)7/h9,17-19,21,23-25,32-33H,10-16H2,1-8H3/t17-,18+,19+,21+,23+,24-,25+,28-,29+,30-/m1/s1. The monoisotopic (exact) mass is 472 g/mol. The highest BCUT2D eigenvalue weighted by atomic mass is 16.6. The number of carbonyl (C=O) groups excluding carboxylic acids is 1. The molecule has 4 fully saturated rings. The van der Waals surface area contributed by atoms with E-state index in [1.165, 1.54) is 25.7 Å². The van der Waals surface area contributed by atoms with Gasteiger partial charge in [0.25, 0.3) is 0 Å². The molecule has 0 radical (unpaired) electrons. The second-order valence-corrected chi connectivity index (χ2v) is 14.6. The summed E-state index contributed by atoms with van der Waals surface area (Å²) in [7, 11) is 0. The maximum Gasteiger partial charge on any atom is 0.138 e. The van der Waals surface area contributed by atoms with Crippen molar-refractivity contribution in [2.45, 2.75) is 124 Å². The van der Waals surface area contributed by atoms with Crippen LogP contribution < -0.4 is 0 Å². The van der Waals surface area contributed by atoms with E-state index in [0.717, 1.165) is 19.3 Å². The first kappa shape index (κ1) is 25.0. The summed E-state index contributed by atoms with van der Waals surface area (Å²) in [5.74, 6) is 2.42. The molecule has 0 aromatic heterocycles. The minimum atomic E-state index is -1.14. The van der Waals surface area contributed by atoms with Crippen molar-refractivity contribution in [1.29, 1.82) is 0 Å². The van der Waals surface area contributed by atoms with Gasteiger partial charge in [0.15, 0.2) is 0 Å². The van der Waals surface area contributed by atoms with Crippen LogP contribution in [-0.4, -0.2) is 39.9 Å². The number of hydrogen-bond acceptors (Lipinski definition) is 4. The van der Waals surface area contributed by atoms with Crippen LogP contribution in [-0.2, 0) is 9.53 Å². The molecule has 0 aromatic carbocycles. The van der Waals surface area contributed by atoms with Gasteiger partial charge in [-0.15, -0.1) is 0 Å². The number of hydrogen-bond donors (Lipinski definition) is 2. The zero-order chi connectivity index (χ0) is 25.1. The normalized spacial score (nSPS) is 49.4. The maximum atomic E-state index is 12.8. The molecule has 0 spiro atoms. The molecule has 2 N–H and O–H groups in total. The molecule has 0 bridgehead atoms. The Morgan fingerprint density at radius 1 is 1.06 bits per heavy atom. The van der Waals surface area contributed by atoms with Crippen molar-refractivity contribution in [3.63, 3.8) is 0 Å². The summed E-state index contributed by atoms with van der Waals surface area (Å²) in [6.45, 7) is 17.6. The number of aliphatic hydroxyl groups excluding tert-OH is 1. The van der Waals surface area contributed by atoms with Crippen LogP contribution in [0.3, 0.4) is 0 Å². The first-order valence-electron chi connectivity index (χ1n) is 13.9. The lowest BCUT2D eigenvalue weighted by atomic mass is 9.41. The van der Waals surface area contributed by atoms with Gasteiger partial charge in [-0.05, 0) is 92.3 Å². The highest BCUT2D eigenvalue weighted by molar-refractivity contribution is 5.85. The Hall–Kier alpha value is -0.710. The summed E-state index contributed by atoms with van der Waals surface area (Å²) in [4.78, 5) is 12.8. The average Bonchev–Trinajstić information content (AvgIpc) is 3.48. The van der Waals surface area contributed by atoms with Crippen LogP contribution in [0, 0.1) is 45.3 Å². The molecule has 3 saturated carbocycles. The third-order valence-electron chi connectivity index (χ3n) is 12.4. The number of ketones is 1. The van der Waals surface area contributed by atoms with E-state index in [1.54, 1.807) is 19.4 Å². The van der Waals surface area contributed by atoms with E-state index in [9.17, 15) is 15.0 Å². The number of carbonyl (C=O) groups is 1. The van der Waals surface area contributed by atoms with Crippen molar-refractivity contribution in [3.05, 3.63) is 11.6 Å². The van der Waals surface area contributed by atoms with Gasteiger partial charge >= 0.3 is 0 Å². The van der Waals surface area contributed by atoms with Crippen LogP contribution in [0.1, 0.15) is 100 Å². The van der Waals surface area contributed by atoms with Gasteiger partial charge in [-0.2, -0.15) is 0 Å². The summed E-state index contributed by atoms with van der Waals surface area (Å²) in [6, 6.07) is 0. The maximum absolute atomic E-state index is 12.8. The Labute approximate surface area is 206 Å². The molecule has 34 heavy (non-hydrogen) atoms. The molecule has 5 rings (SSSR count). The Bertz CT molecular complexity index is 898. The summed E-state index contributed by atoms with van der Waals surface area (Å²) >= 11 is 0. The van der Waals surface area contributed by atoms with Gasteiger partial charge in [0.1, 0.15) is 18.0 Å². The predicted molar refractivity (Wildman–Crippen MR) is 134 cm³/mol. The molecule has 4 aliphatic carbocycles. The van der Waals surface area contributed by atoms with E-state index in [-0.39, 0.29) is 33.9 Å². The highest BCUT2D eigenvalue weighted by Crippen LogP contribution is 2.73. The van der Waals surface area contributed by atoms with Crippen molar-refractivity contribution < 1.29 is 19.7 Å². The average molecular weight is 473 g/mol. The van der Waals surface area contributed by atoms with Crippen LogP contribution in [0.15, 0.2) is 11.6 Å². The number of Topliss-reactive ketones (excluding diaryl/α,β-unsaturated/α-hetero) is 1. The van der Waals surface area contributed by atoms with Crippen LogP contribution in [0.4, 0.5) is 0 Å². The number of fused-ring (bicyclic) bond motifs is 5. The quantitative estimate of drug-likeness (QED) is 0.407. The summed E-state index contributed by atoms with van der Waals surface area (Å²) in [5, 5.41) is 20.9. The van der Waals surface area contributed by atoms with Gasteiger partial charge in [0, 0.05) is 11.8 Å². The number of rotatable bonds is 4. The van der Waals surface area contributed by atoms with Crippen LogP contribution in [0.5, 0.6) is 0 Å². The second kappa shape index (κ2) is 7.42. The topological polar surface area (TPSA) is 70.1 Å². The third-order valence-corrected chi connectivity index (χ3v) is 12.4. The van der Waals surface area contributed by atoms with Gasteiger partial charge < -0.3 is 14.9 Å². The van der Waals surface area contributed by atoms with Crippen molar-refractivity contribution in [2.24, 2.45) is 45.3 Å². The molecule has 4 heteroatoms. The highest BCUT2D eigenvalue weighted by Gasteiger charge is 2.67. The zero-order valence-electron chi connectivity index (χ0n) is 22.8. The van der Waals surface area contributed by atoms with Gasteiger partial charge in [-0.3, -0.25) is 4.79 Å². The summed E-state index contributed by atoms with van der Waals surface area (Å²) in [6.07, 6.45) is 9.21. The van der Waals surface area contributed by atoms with Gasteiger partial charge in [0.05, 0.1) is 11.7 Å². The Morgan fingerprint density at radius 2 is 1.74 bits per heavy atom. The lowest BCUT2D eigenvalue weighted by Crippen LogP contribution is -2.57. The van der Waals surface area contributed by atoms with Crippen molar-refractivity contribution in [3.8, 4) is 0 Å². The molecule has 1 aliphatic heterocycles. The Balaban J connectivity index is 1.42. The molecule has 5 aliphatic rings. The van der Waals surface area contributed by atoms with Crippen molar-refractivity contribution >= 4 is 5.78 Å². The minimum absolute atomic E-state index is 0.0377. The Morgan fingerprint density at radius 3 is 2.38 bits per heavy atom. The van der Waals surface area contributed by atoms with Gasteiger partial charge in [-0.1, -0.05) is 53.2 Å². The molecule has 4 nitrogen and oxygen atoms in total. The van der Waals surface area contributed by atoms with Crippen LogP contribution >= 0.6 is 0 Å². The largest absolute Gasteiger partial charge is 0.388 e. The van der Waals surface area contributed by atoms with E-state index in [4.69, 9.17) is 4.74 Å². The third kappa shape index (κ3) is 3.16. The Kier molecular flexibility index (Phi) is 5.44. The SMILES string of the molecule is C[C@@H]([C@@H]1O[C@H]1[C@H](O)C(C)(C)O)[C@@H]1CC[C@]2(C)C3=CC[C@H]4C(C)(C)C(=O)CC[C@]4(C)[C@H]3CC[C@@]12C. The van der Waals surface area contributed by atoms with E-state index in [1.807, 2.05) is 0 Å². The fourth-order valence-electron chi connectivity index (χ4n) is 9.84. The van der Waals surface area contributed by atoms with E-state index in [0.29, 0.717) is 29.5 Å². The van der Waals surface area contributed by atoms with Crippen LogP contribution in [0.25, 0.3) is 0 Å². The molecule has 192 valence electrons. The first-order valence-corrected chi connectivity index (χ1v) is 13.9. The first-order chi connectivity index (χ1) is 15.6. The van der Waals surface area contributed by atoms with E-state index in [2.05, 4.69) is 47.6 Å². The zero-order valence-corrected chi connectivity index (χ0v) is 22.8.